The number of rotatable bonds is 6. The molecule has 0 unspecified atom stereocenters. The van der Waals surface area contributed by atoms with Crippen molar-refractivity contribution in [2.45, 2.75) is 40.4 Å². The van der Waals surface area contributed by atoms with Gasteiger partial charge in [-0.2, -0.15) is 10.2 Å². The Hall–Kier alpha value is -1.62. The van der Waals surface area contributed by atoms with Gasteiger partial charge in [0.2, 0.25) is 0 Å². The summed E-state index contributed by atoms with van der Waals surface area (Å²) in [6.45, 7) is 9.08. The minimum Gasteiger partial charge on any atom is -0.307 e. The summed E-state index contributed by atoms with van der Waals surface area (Å²) in [5.74, 6) is 0.624. The highest BCUT2D eigenvalue weighted by atomic mass is 15.3. The molecule has 5 nitrogen and oxygen atoms in total. The molecule has 2 aromatic heterocycles. The van der Waals surface area contributed by atoms with E-state index in [0.29, 0.717) is 5.92 Å². The lowest BCUT2D eigenvalue weighted by Gasteiger charge is -2.04. The number of nitrogens with one attached hydrogen (secondary N) is 1. The van der Waals surface area contributed by atoms with Crippen LogP contribution in [0, 0.1) is 12.8 Å². The third-order valence-corrected chi connectivity index (χ3v) is 3.21. The van der Waals surface area contributed by atoms with Gasteiger partial charge in [-0.15, -0.1) is 0 Å². The Morgan fingerprint density at radius 1 is 1.32 bits per heavy atom. The van der Waals surface area contributed by atoms with E-state index in [2.05, 4.69) is 42.4 Å². The van der Waals surface area contributed by atoms with Crippen molar-refractivity contribution >= 4 is 0 Å². The van der Waals surface area contributed by atoms with Crippen molar-refractivity contribution in [3.8, 4) is 0 Å². The zero-order valence-electron chi connectivity index (χ0n) is 12.2. The molecule has 0 atom stereocenters. The molecule has 0 saturated carbocycles. The average Bonchev–Trinajstić information content (AvgIpc) is 2.90. The smallest absolute Gasteiger partial charge is 0.0762 e. The zero-order chi connectivity index (χ0) is 13.8. The number of hydrogen-bond acceptors (Lipinski definition) is 3. The summed E-state index contributed by atoms with van der Waals surface area (Å²) >= 11 is 0. The van der Waals surface area contributed by atoms with Crippen molar-refractivity contribution in [3.05, 3.63) is 35.4 Å². The summed E-state index contributed by atoms with van der Waals surface area (Å²) in [6.07, 6.45) is 3.96. The molecule has 0 aromatic carbocycles. The number of nitrogens with zero attached hydrogens (tertiary/aromatic N) is 4. The number of hydrogen-bond donors (Lipinski definition) is 1. The molecule has 5 heteroatoms. The van der Waals surface area contributed by atoms with Crippen LogP contribution in [0.4, 0.5) is 0 Å². The SMILES string of the molecule is Cc1c(CNCc2ccn(CC(C)C)n2)cnn1C. The second-order valence-electron chi connectivity index (χ2n) is 5.41. The Bertz CT molecular complexity index is 524. The molecule has 0 radical (unpaired) electrons. The van der Waals surface area contributed by atoms with Crippen LogP contribution >= 0.6 is 0 Å². The predicted octanol–water partition coefficient (Wildman–Crippen LogP) is 1.87. The van der Waals surface area contributed by atoms with Crippen molar-refractivity contribution in [1.29, 1.82) is 0 Å². The predicted molar refractivity (Wildman–Crippen MR) is 75.6 cm³/mol. The normalized spacial score (nSPS) is 11.4. The highest BCUT2D eigenvalue weighted by Crippen LogP contribution is 2.05. The first-order chi connectivity index (χ1) is 9.06. The molecule has 0 bridgehead atoms. The van der Waals surface area contributed by atoms with E-state index >= 15 is 0 Å². The van der Waals surface area contributed by atoms with E-state index in [9.17, 15) is 0 Å². The van der Waals surface area contributed by atoms with Gasteiger partial charge in [-0.05, 0) is 18.9 Å². The van der Waals surface area contributed by atoms with Crippen LogP contribution in [0.15, 0.2) is 18.5 Å². The molecular formula is C14H23N5. The van der Waals surface area contributed by atoms with Crippen LogP contribution in [0.5, 0.6) is 0 Å². The molecule has 0 aliphatic carbocycles. The van der Waals surface area contributed by atoms with Crippen LogP contribution in [-0.4, -0.2) is 19.6 Å². The van der Waals surface area contributed by atoms with Crippen LogP contribution in [0.25, 0.3) is 0 Å². The van der Waals surface area contributed by atoms with Gasteiger partial charge in [-0.1, -0.05) is 13.8 Å². The summed E-state index contributed by atoms with van der Waals surface area (Å²) in [5, 5.41) is 12.2. The van der Waals surface area contributed by atoms with Gasteiger partial charge in [-0.25, -0.2) is 0 Å². The third kappa shape index (κ3) is 3.67. The van der Waals surface area contributed by atoms with Crippen molar-refractivity contribution in [3.63, 3.8) is 0 Å². The van der Waals surface area contributed by atoms with Crippen molar-refractivity contribution in [2.24, 2.45) is 13.0 Å². The Morgan fingerprint density at radius 2 is 2.11 bits per heavy atom. The van der Waals surface area contributed by atoms with Gasteiger partial charge < -0.3 is 5.32 Å². The van der Waals surface area contributed by atoms with Gasteiger partial charge in [0.05, 0.1) is 11.9 Å². The van der Waals surface area contributed by atoms with Gasteiger partial charge in [0, 0.05) is 44.1 Å². The van der Waals surface area contributed by atoms with Gasteiger partial charge in [0.1, 0.15) is 0 Å². The fourth-order valence-electron chi connectivity index (χ4n) is 2.02. The van der Waals surface area contributed by atoms with E-state index in [-0.39, 0.29) is 0 Å². The summed E-state index contributed by atoms with van der Waals surface area (Å²) in [5.41, 5.74) is 3.53. The van der Waals surface area contributed by atoms with Crippen LogP contribution in [-0.2, 0) is 26.7 Å². The highest BCUT2D eigenvalue weighted by Gasteiger charge is 2.04. The molecule has 2 aromatic rings. The summed E-state index contributed by atoms with van der Waals surface area (Å²) < 4.78 is 3.91. The molecule has 0 aliphatic rings. The standard InChI is InChI=1S/C14H23N5/c1-11(2)10-19-6-5-14(17-19)9-15-7-13-8-16-18(4)12(13)3/h5-6,8,11,15H,7,9-10H2,1-4H3. The van der Waals surface area contributed by atoms with Crippen LogP contribution in [0.3, 0.4) is 0 Å². The quantitative estimate of drug-likeness (QED) is 0.863. The minimum absolute atomic E-state index is 0.624. The second-order valence-corrected chi connectivity index (χ2v) is 5.41. The maximum Gasteiger partial charge on any atom is 0.0762 e. The maximum atomic E-state index is 4.54. The fraction of sp³-hybridized carbons (Fsp3) is 0.571. The van der Waals surface area contributed by atoms with Crippen LogP contribution < -0.4 is 5.32 Å². The molecule has 2 rings (SSSR count). The summed E-state index contributed by atoms with van der Waals surface area (Å²) in [6, 6.07) is 2.07. The Labute approximate surface area is 114 Å². The van der Waals surface area contributed by atoms with Crippen LogP contribution in [0.2, 0.25) is 0 Å². The molecule has 104 valence electrons. The molecule has 0 fully saturated rings. The van der Waals surface area contributed by atoms with E-state index in [1.54, 1.807) is 0 Å². The first-order valence-corrected chi connectivity index (χ1v) is 6.76. The lowest BCUT2D eigenvalue weighted by Crippen LogP contribution is -2.14. The second kappa shape index (κ2) is 6.02. The van der Waals surface area contributed by atoms with E-state index in [1.165, 1.54) is 11.3 Å². The van der Waals surface area contributed by atoms with Crippen molar-refractivity contribution < 1.29 is 0 Å². The Balaban J connectivity index is 1.82. The van der Waals surface area contributed by atoms with E-state index < -0.39 is 0 Å². The van der Waals surface area contributed by atoms with Gasteiger partial charge in [-0.3, -0.25) is 9.36 Å². The molecule has 1 N–H and O–H groups in total. The highest BCUT2D eigenvalue weighted by molar-refractivity contribution is 5.15. The summed E-state index contributed by atoms with van der Waals surface area (Å²) in [7, 11) is 1.96. The molecule has 0 amide bonds. The summed E-state index contributed by atoms with van der Waals surface area (Å²) in [4.78, 5) is 0. The lowest BCUT2D eigenvalue weighted by molar-refractivity contribution is 0.477. The third-order valence-electron chi connectivity index (χ3n) is 3.21. The topological polar surface area (TPSA) is 47.7 Å². The Kier molecular flexibility index (Phi) is 4.37. The number of aromatic nitrogens is 4. The lowest BCUT2D eigenvalue weighted by atomic mass is 10.2. The largest absolute Gasteiger partial charge is 0.307 e. The fourth-order valence-corrected chi connectivity index (χ4v) is 2.02. The molecule has 0 spiro atoms. The molecular weight excluding hydrogens is 238 g/mol. The van der Waals surface area contributed by atoms with Crippen LogP contribution in [0.1, 0.15) is 30.8 Å². The Morgan fingerprint density at radius 3 is 2.74 bits per heavy atom. The first-order valence-electron chi connectivity index (χ1n) is 6.76. The van der Waals surface area contributed by atoms with Crippen molar-refractivity contribution in [1.82, 2.24) is 24.9 Å². The van der Waals surface area contributed by atoms with Crippen molar-refractivity contribution in [2.75, 3.05) is 0 Å². The van der Waals surface area contributed by atoms with E-state index in [1.807, 2.05) is 28.8 Å². The maximum absolute atomic E-state index is 4.54. The number of aryl methyl sites for hydroxylation is 1. The average molecular weight is 261 g/mol. The van der Waals surface area contributed by atoms with Gasteiger partial charge >= 0.3 is 0 Å². The monoisotopic (exact) mass is 261 g/mol. The van der Waals surface area contributed by atoms with Gasteiger partial charge in [0.15, 0.2) is 0 Å². The molecule has 2 heterocycles. The van der Waals surface area contributed by atoms with Gasteiger partial charge in [0.25, 0.3) is 0 Å². The molecule has 0 aliphatic heterocycles. The minimum atomic E-state index is 0.624. The van der Waals surface area contributed by atoms with E-state index in [0.717, 1.165) is 25.3 Å². The first kappa shape index (κ1) is 13.8. The van der Waals surface area contributed by atoms with E-state index in [4.69, 9.17) is 0 Å². The zero-order valence-corrected chi connectivity index (χ0v) is 12.2. The molecule has 0 saturated heterocycles. The molecule has 19 heavy (non-hydrogen) atoms.